The third-order valence-corrected chi connectivity index (χ3v) is 2.53. The molecular weight excluding hydrogens is 267 g/mol. The van der Waals surface area contributed by atoms with Gasteiger partial charge in [-0.05, 0) is 6.92 Å². The summed E-state index contributed by atoms with van der Waals surface area (Å²) in [6, 6.07) is 0. The van der Waals surface area contributed by atoms with Crippen LogP contribution in [0.2, 0.25) is 0 Å². The minimum atomic E-state index is -1.53. The number of halogens is 6. The standard InChI is InChI=1S/C10H5Cl2F4/c1-4-7(13)9(15)6(2-5(12)3-11)10(16)8(4)14/h3H,1-2H2. The second-order valence-corrected chi connectivity index (χ2v) is 3.65. The van der Waals surface area contributed by atoms with Gasteiger partial charge in [0.15, 0.2) is 23.3 Å². The molecule has 0 heterocycles. The van der Waals surface area contributed by atoms with Crippen LogP contribution in [0.1, 0.15) is 11.1 Å². The van der Waals surface area contributed by atoms with E-state index in [4.69, 9.17) is 23.2 Å². The van der Waals surface area contributed by atoms with Crippen LogP contribution in [-0.2, 0) is 6.42 Å². The van der Waals surface area contributed by atoms with E-state index >= 15 is 0 Å². The van der Waals surface area contributed by atoms with Gasteiger partial charge in [-0.25, -0.2) is 17.6 Å². The number of hydrogen-bond donors (Lipinski definition) is 0. The summed E-state index contributed by atoms with van der Waals surface area (Å²) < 4.78 is 52.6. The Kier molecular flexibility index (Phi) is 4.21. The molecule has 16 heavy (non-hydrogen) atoms. The van der Waals surface area contributed by atoms with Crippen LogP contribution in [0.3, 0.4) is 0 Å². The first kappa shape index (κ1) is 13.3. The molecule has 1 radical (unpaired) electrons. The van der Waals surface area contributed by atoms with Crippen LogP contribution in [0.5, 0.6) is 0 Å². The molecule has 0 spiro atoms. The van der Waals surface area contributed by atoms with E-state index in [1.807, 2.05) is 0 Å². The first-order valence-electron chi connectivity index (χ1n) is 4.01. The SMILES string of the molecule is [CH2]c1c(F)c(F)c(CC(Cl)=CCl)c(F)c1F. The van der Waals surface area contributed by atoms with Crippen LogP contribution in [0.25, 0.3) is 0 Å². The molecule has 0 aliphatic rings. The van der Waals surface area contributed by atoms with E-state index < -0.39 is 40.8 Å². The minimum absolute atomic E-state index is 0.143. The summed E-state index contributed by atoms with van der Waals surface area (Å²) in [6.45, 7) is 2.88. The lowest BCUT2D eigenvalue weighted by Gasteiger charge is -2.08. The summed E-state index contributed by atoms with van der Waals surface area (Å²) in [5.41, 5.74) is -0.914. The van der Waals surface area contributed by atoms with Crippen molar-refractivity contribution in [3.05, 3.63) is 51.9 Å². The molecule has 0 fully saturated rings. The van der Waals surface area contributed by atoms with Crippen molar-refractivity contribution in [1.82, 2.24) is 0 Å². The summed E-state index contributed by atoms with van der Waals surface area (Å²) in [6.07, 6.45) is -0.531. The van der Waals surface area contributed by atoms with E-state index in [1.54, 1.807) is 0 Å². The van der Waals surface area contributed by atoms with Gasteiger partial charge in [0.1, 0.15) is 0 Å². The molecule has 0 aromatic heterocycles. The zero-order chi connectivity index (χ0) is 12.5. The second-order valence-electron chi connectivity index (χ2n) is 2.95. The Morgan fingerprint density at radius 3 is 1.88 bits per heavy atom. The van der Waals surface area contributed by atoms with Gasteiger partial charge in [0.2, 0.25) is 0 Å². The normalized spacial score (nSPS) is 12.1. The molecule has 0 atom stereocenters. The predicted octanol–water partition coefficient (Wildman–Crippen LogP) is 4.29. The van der Waals surface area contributed by atoms with Crippen molar-refractivity contribution in [2.75, 3.05) is 0 Å². The molecule has 0 saturated carbocycles. The average Bonchev–Trinajstić information content (AvgIpc) is 2.29. The van der Waals surface area contributed by atoms with E-state index in [-0.39, 0.29) is 5.03 Å². The fourth-order valence-corrected chi connectivity index (χ4v) is 1.30. The van der Waals surface area contributed by atoms with Crippen molar-refractivity contribution >= 4 is 23.2 Å². The monoisotopic (exact) mass is 271 g/mol. The van der Waals surface area contributed by atoms with Crippen LogP contribution >= 0.6 is 23.2 Å². The summed E-state index contributed by atoms with van der Waals surface area (Å²) >= 11 is 10.6. The van der Waals surface area contributed by atoms with Gasteiger partial charge in [-0.3, -0.25) is 0 Å². The molecule has 87 valence electrons. The number of allylic oxidation sites excluding steroid dienone is 1. The topological polar surface area (TPSA) is 0 Å². The number of rotatable bonds is 2. The van der Waals surface area contributed by atoms with Gasteiger partial charge >= 0.3 is 0 Å². The van der Waals surface area contributed by atoms with E-state index in [9.17, 15) is 17.6 Å². The van der Waals surface area contributed by atoms with Gasteiger partial charge in [-0.1, -0.05) is 23.2 Å². The molecule has 1 aromatic rings. The first-order chi connectivity index (χ1) is 7.40. The highest BCUT2D eigenvalue weighted by Crippen LogP contribution is 2.26. The smallest absolute Gasteiger partial charge is 0.165 e. The highest BCUT2D eigenvalue weighted by atomic mass is 35.5. The van der Waals surface area contributed by atoms with E-state index in [0.717, 1.165) is 5.54 Å². The van der Waals surface area contributed by atoms with Crippen molar-refractivity contribution in [1.29, 1.82) is 0 Å². The number of benzene rings is 1. The Morgan fingerprint density at radius 1 is 1.06 bits per heavy atom. The van der Waals surface area contributed by atoms with Crippen molar-refractivity contribution in [2.45, 2.75) is 6.42 Å². The van der Waals surface area contributed by atoms with Crippen LogP contribution in [0.15, 0.2) is 10.6 Å². The molecule has 0 unspecified atom stereocenters. The van der Waals surface area contributed by atoms with E-state index in [1.165, 1.54) is 0 Å². The molecule has 6 heteroatoms. The summed E-state index contributed by atoms with van der Waals surface area (Å²) in [4.78, 5) is 0. The third kappa shape index (κ3) is 2.33. The maximum atomic E-state index is 13.2. The summed E-state index contributed by atoms with van der Waals surface area (Å²) in [5, 5.41) is -0.143. The molecule has 0 saturated heterocycles. The van der Waals surface area contributed by atoms with Crippen molar-refractivity contribution in [2.24, 2.45) is 0 Å². The lowest BCUT2D eigenvalue weighted by Crippen LogP contribution is -2.06. The molecule has 1 aromatic carbocycles. The predicted molar refractivity (Wildman–Crippen MR) is 54.2 cm³/mol. The quantitative estimate of drug-likeness (QED) is 0.556. The van der Waals surface area contributed by atoms with Crippen molar-refractivity contribution < 1.29 is 17.6 Å². The summed E-state index contributed by atoms with van der Waals surface area (Å²) in [5.74, 6) is -6.10. The van der Waals surface area contributed by atoms with Gasteiger partial charge in [-0.15, -0.1) is 0 Å². The molecular formula is C10H5Cl2F4. The minimum Gasteiger partial charge on any atom is -0.203 e. The van der Waals surface area contributed by atoms with Crippen LogP contribution in [-0.4, -0.2) is 0 Å². The third-order valence-electron chi connectivity index (χ3n) is 1.91. The molecule has 1 rings (SSSR count). The van der Waals surface area contributed by atoms with Gasteiger partial charge in [-0.2, -0.15) is 0 Å². The fraction of sp³-hybridized carbons (Fsp3) is 0.100. The molecule has 0 aliphatic carbocycles. The van der Waals surface area contributed by atoms with Crippen LogP contribution in [0, 0.1) is 30.2 Å². The molecule has 0 amide bonds. The Labute approximate surface area is 99.5 Å². The van der Waals surface area contributed by atoms with Crippen LogP contribution < -0.4 is 0 Å². The lowest BCUT2D eigenvalue weighted by atomic mass is 10.1. The maximum Gasteiger partial charge on any atom is 0.165 e. The highest BCUT2D eigenvalue weighted by molar-refractivity contribution is 6.36. The second kappa shape index (κ2) is 5.06. The fourth-order valence-electron chi connectivity index (χ4n) is 1.09. The molecule has 0 aliphatic heterocycles. The van der Waals surface area contributed by atoms with Crippen molar-refractivity contribution in [3.63, 3.8) is 0 Å². The van der Waals surface area contributed by atoms with Gasteiger partial charge in [0.25, 0.3) is 0 Å². The van der Waals surface area contributed by atoms with E-state index in [2.05, 4.69) is 6.92 Å². The Hall–Kier alpha value is -0.740. The Morgan fingerprint density at radius 2 is 1.50 bits per heavy atom. The van der Waals surface area contributed by atoms with Gasteiger partial charge in [0.05, 0.1) is 0 Å². The average molecular weight is 272 g/mol. The van der Waals surface area contributed by atoms with Gasteiger partial charge < -0.3 is 0 Å². The zero-order valence-electron chi connectivity index (χ0n) is 7.76. The first-order valence-corrected chi connectivity index (χ1v) is 4.83. The molecule has 0 N–H and O–H groups in total. The van der Waals surface area contributed by atoms with Gasteiger partial charge in [0, 0.05) is 28.1 Å². The lowest BCUT2D eigenvalue weighted by molar-refractivity contribution is 0.437. The van der Waals surface area contributed by atoms with Crippen LogP contribution in [0.4, 0.5) is 17.6 Å². The molecule has 0 nitrogen and oxygen atoms in total. The Bertz CT molecular complexity index is 426. The van der Waals surface area contributed by atoms with E-state index in [0.29, 0.717) is 0 Å². The number of hydrogen-bond acceptors (Lipinski definition) is 0. The molecule has 0 bridgehead atoms. The Balaban J connectivity index is 3.40. The van der Waals surface area contributed by atoms with Crippen molar-refractivity contribution in [3.8, 4) is 0 Å². The summed E-state index contributed by atoms with van der Waals surface area (Å²) in [7, 11) is 0. The maximum absolute atomic E-state index is 13.2. The largest absolute Gasteiger partial charge is 0.203 e. The highest BCUT2D eigenvalue weighted by Gasteiger charge is 2.23. The zero-order valence-corrected chi connectivity index (χ0v) is 9.27.